The number of anilines is 1. The Morgan fingerprint density at radius 3 is 2.11 bits per heavy atom. The fraction of sp³-hybridized carbons (Fsp3) is 0.333. The van der Waals surface area contributed by atoms with Crippen LogP contribution in [0.3, 0.4) is 0 Å². The highest BCUT2D eigenvalue weighted by atomic mass is 19.1. The van der Waals surface area contributed by atoms with Crippen LogP contribution < -0.4 is 5.32 Å². The fourth-order valence-electron chi connectivity index (χ4n) is 1.26. The smallest absolute Gasteiger partial charge is 0.320 e. The van der Waals surface area contributed by atoms with E-state index < -0.39 is 28.9 Å². The quantitative estimate of drug-likeness (QED) is 0.666. The van der Waals surface area contributed by atoms with Gasteiger partial charge in [-0.05, 0) is 26.0 Å². The maximum atomic E-state index is 12.9. The summed E-state index contributed by atoms with van der Waals surface area (Å²) in [5.74, 6) is -3.08. The van der Waals surface area contributed by atoms with Gasteiger partial charge in [-0.15, -0.1) is 0 Å². The van der Waals surface area contributed by atoms with Crippen LogP contribution in [-0.2, 0) is 14.3 Å². The molecule has 0 unspecified atom stereocenters. The second-order valence-corrected chi connectivity index (χ2v) is 4.23. The number of methoxy groups -OCH3 is 1. The van der Waals surface area contributed by atoms with Crippen LogP contribution in [0.4, 0.5) is 14.5 Å². The summed E-state index contributed by atoms with van der Waals surface area (Å²) < 4.78 is 30.3. The number of hydrogen-bond donors (Lipinski definition) is 1. The molecule has 0 aromatic heterocycles. The topological polar surface area (TPSA) is 55.4 Å². The molecular weight excluding hydrogens is 244 g/mol. The first kappa shape index (κ1) is 14.1. The van der Waals surface area contributed by atoms with E-state index in [4.69, 9.17) is 0 Å². The summed E-state index contributed by atoms with van der Waals surface area (Å²) in [5, 5.41) is 2.26. The van der Waals surface area contributed by atoms with Crippen LogP contribution >= 0.6 is 0 Å². The van der Waals surface area contributed by atoms with Crippen molar-refractivity contribution in [1.29, 1.82) is 0 Å². The lowest BCUT2D eigenvalue weighted by molar-refractivity contribution is -0.154. The molecule has 1 rings (SSSR count). The van der Waals surface area contributed by atoms with Gasteiger partial charge in [-0.2, -0.15) is 0 Å². The Morgan fingerprint density at radius 1 is 1.17 bits per heavy atom. The van der Waals surface area contributed by atoms with Gasteiger partial charge in [-0.25, -0.2) is 8.78 Å². The first-order valence-corrected chi connectivity index (χ1v) is 5.13. The molecule has 1 aromatic rings. The zero-order valence-corrected chi connectivity index (χ0v) is 10.2. The molecule has 0 saturated carbocycles. The van der Waals surface area contributed by atoms with Crippen molar-refractivity contribution < 1.29 is 23.1 Å². The van der Waals surface area contributed by atoms with Crippen molar-refractivity contribution >= 4 is 17.6 Å². The van der Waals surface area contributed by atoms with Gasteiger partial charge in [0.2, 0.25) is 5.91 Å². The lowest BCUT2D eigenvalue weighted by Gasteiger charge is -2.20. The molecule has 0 aliphatic carbocycles. The van der Waals surface area contributed by atoms with E-state index in [0.717, 1.165) is 19.2 Å². The van der Waals surface area contributed by atoms with Crippen LogP contribution in [-0.4, -0.2) is 19.0 Å². The summed E-state index contributed by atoms with van der Waals surface area (Å²) >= 11 is 0. The van der Waals surface area contributed by atoms with Crippen LogP contribution in [0.5, 0.6) is 0 Å². The number of carbonyl (C=O) groups is 2. The van der Waals surface area contributed by atoms with Crippen LogP contribution in [0.1, 0.15) is 13.8 Å². The zero-order valence-electron chi connectivity index (χ0n) is 10.2. The Morgan fingerprint density at radius 2 is 1.67 bits per heavy atom. The molecular formula is C12H13F2NO3. The van der Waals surface area contributed by atoms with E-state index in [-0.39, 0.29) is 5.69 Å². The monoisotopic (exact) mass is 257 g/mol. The Bertz CT molecular complexity index is 466. The average molecular weight is 257 g/mol. The van der Waals surface area contributed by atoms with Crippen molar-refractivity contribution in [1.82, 2.24) is 0 Å². The largest absolute Gasteiger partial charge is 0.468 e. The number of hydrogen-bond acceptors (Lipinski definition) is 3. The van der Waals surface area contributed by atoms with Gasteiger partial charge in [0.25, 0.3) is 0 Å². The molecule has 6 heteroatoms. The van der Waals surface area contributed by atoms with E-state index in [0.29, 0.717) is 6.07 Å². The predicted molar refractivity (Wildman–Crippen MR) is 60.8 cm³/mol. The van der Waals surface area contributed by atoms with Crippen LogP contribution in [0.2, 0.25) is 0 Å². The van der Waals surface area contributed by atoms with E-state index in [1.54, 1.807) is 0 Å². The lowest BCUT2D eigenvalue weighted by Crippen LogP contribution is -2.38. The Kier molecular flexibility index (Phi) is 4.00. The number of halogens is 2. The van der Waals surface area contributed by atoms with Crippen molar-refractivity contribution in [3.63, 3.8) is 0 Å². The number of amides is 1. The maximum Gasteiger partial charge on any atom is 0.320 e. The third-order valence-corrected chi connectivity index (χ3v) is 2.38. The minimum Gasteiger partial charge on any atom is -0.468 e. The number of esters is 1. The van der Waals surface area contributed by atoms with Gasteiger partial charge in [0.1, 0.15) is 17.0 Å². The summed E-state index contributed by atoms with van der Waals surface area (Å²) in [6.45, 7) is 2.70. The normalized spacial score (nSPS) is 10.9. The Balaban J connectivity index is 2.91. The van der Waals surface area contributed by atoms with E-state index >= 15 is 0 Å². The van der Waals surface area contributed by atoms with Crippen LogP contribution in [0.25, 0.3) is 0 Å². The minimum absolute atomic E-state index is 0.0607. The Hall–Kier alpha value is -1.98. The highest BCUT2D eigenvalue weighted by molar-refractivity contribution is 6.08. The summed E-state index contributed by atoms with van der Waals surface area (Å²) in [6.07, 6.45) is 0. The lowest BCUT2D eigenvalue weighted by atomic mass is 9.92. The van der Waals surface area contributed by atoms with E-state index in [1.807, 2.05) is 0 Å². The minimum atomic E-state index is -1.45. The maximum absolute atomic E-state index is 12.9. The van der Waals surface area contributed by atoms with Gasteiger partial charge in [-0.1, -0.05) is 0 Å². The molecule has 0 heterocycles. The van der Waals surface area contributed by atoms with Gasteiger partial charge in [0, 0.05) is 11.8 Å². The van der Waals surface area contributed by atoms with Gasteiger partial charge in [0.05, 0.1) is 7.11 Å². The van der Waals surface area contributed by atoms with Crippen LogP contribution in [0.15, 0.2) is 18.2 Å². The molecule has 0 aliphatic rings. The summed E-state index contributed by atoms with van der Waals surface area (Å²) in [7, 11) is 1.15. The molecule has 0 radical (unpaired) electrons. The molecule has 0 spiro atoms. The van der Waals surface area contributed by atoms with Crippen molar-refractivity contribution in [2.75, 3.05) is 12.4 Å². The van der Waals surface area contributed by atoms with Gasteiger partial charge in [0.15, 0.2) is 0 Å². The molecule has 18 heavy (non-hydrogen) atoms. The molecule has 0 fully saturated rings. The van der Waals surface area contributed by atoms with Gasteiger partial charge < -0.3 is 10.1 Å². The van der Waals surface area contributed by atoms with Crippen molar-refractivity contribution in [2.24, 2.45) is 5.41 Å². The molecule has 0 atom stereocenters. The van der Waals surface area contributed by atoms with E-state index in [9.17, 15) is 18.4 Å². The summed E-state index contributed by atoms with van der Waals surface area (Å²) in [5.41, 5.74) is -1.51. The standard InChI is InChI=1S/C12H13F2NO3/c1-12(2,11(17)18-3)10(16)15-9-5-7(13)4-8(14)6-9/h4-6H,1-3H3,(H,15,16). The van der Waals surface area contributed by atoms with Crippen molar-refractivity contribution in [3.8, 4) is 0 Å². The molecule has 1 aromatic carbocycles. The van der Waals surface area contributed by atoms with Crippen molar-refractivity contribution in [3.05, 3.63) is 29.8 Å². The first-order chi connectivity index (χ1) is 8.27. The second kappa shape index (κ2) is 5.12. The Labute approximate surface area is 103 Å². The highest BCUT2D eigenvalue weighted by Gasteiger charge is 2.37. The number of ether oxygens (including phenoxy) is 1. The molecule has 1 amide bonds. The third-order valence-electron chi connectivity index (χ3n) is 2.38. The average Bonchev–Trinajstić information content (AvgIpc) is 2.26. The summed E-state index contributed by atoms with van der Waals surface area (Å²) in [4.78, 5) is 23.2. The predicted octanol–water partition coefficient (Wildman–Crippen LogP) is 2.10. The molecule has 4 nitrogen and oxygen atoms in total. The number of carbonyl (C=O) groups excluding carboxylic acids is 2. The molecule has 0 saturated heterocycles. The van der Waals surface area contributed by atoms with Crippen molar-refractivity contribution in [2.45, 2.75) is 13.8 Å². The number of benzene rings is 1. The molecule has 98 valence electrons. The second-order valence-electron chi connectivity index (χ2n) is 4.23. The highest BCUT2D eigenvalue weighted by Crippen LogP contribution is 2.21. The third kappa shape index (κ3) is 3.03. The molecule has 0 aliphatic heterocycles. The number of rotatable bonds is 3. The van der Waals surface area contributed by atoms with Gasteiger partial charge >= 0.3 is 5.97 Å². The van der Waals surface area contributed by atoms with E-state index in [2.05, 4.69) is 10.1 Å². The fourth-order valence-corrected chi connectivity index (χ4v) is 1.26. The zero-order chi connectivity index (χ0) is 13.9. The van der Waals surface area contributed by atoms with Crippen LogP contribution in [0, 0.1) is 17.0 Å². The van der Waals surface area contributed by atoms with Gasteiger partial charge in [-0.3, -0.25) is 9.59 Å². The SMILES string of the molecule is COC(=O)C(C)(C)C(=O)Nc1cc(F)cc(F)c1. The first-order valence-electron chi connectivity index (χ1n) is 5.13. The summed E-state index contributed by atoms with van der Waals surface area (Å²) in [6, 6.07) is 2.59. The number of nitrogens with one attached hydrogen (secondary N) is 1. The molecule has 0 bridgehead atoms. The van der Waals surface area contributed by atoms with E-state index in [1.165, 1.54) is 13.8 Å². The molecule has 1 N–H and O–H groups in total.